The van der Waals surface area contributed by atoms with Crippen LogP contribution in [0.15, 0.2) is 40.9 Å². The molecule has 2 saturated heterocycles. The fraction of sp³-hybridized carbons (Fsp3) is 0.364. The predicted octanol–water partition coefficient (Wildman–Crippen LogP) is 4.62. The molecule has 2 heterocycles. The van der Waals surface area contributed by atoms with E-state index in [1.54, 1.807) is 12.0 Å². The average molecular weight is 443 g/mol. The van der Waals surface area contributed by atoms with E-state index in [0.717, 1.165) is 33.3 Å². The number of hydrogen-bond acceptors (Lipinski definition) is 3. The molecular formula is C22H23BrN2O3. The van der Waals surface area contributed by atoms with Gasteiger partial charge in [0.25, 0.3) is 5.91 Å². The van der Waals surface area contributed by atoms with Crippen LogP contribution in [0, 0.1) is 13.8 Å². The molecule has 1 atom stereocenters. The number of anilines is 1. The van der Waals surface area contributed by atoms with E-state index in [2.05, 4.69) is 15.9 Å². The first-order valence-electron chi connectivity index (χ1n) is 9.43. The van der Waals surface area contributed by atoms with Crippen LogP contribution in [-0.4, -0.2) is 36.0 Å². The molecule has 3 amide bonds. The number of methoxy groups -OCH3 is 1. The Balaban J connectivity index is 1.73. The molecule has 2 aromatic rings. The highest BCUT2D eigenvalue weighted by Crippen LogP contribution is 2.43. The minimum absolute atomic E-state index is 0.123. The maximum atomic E-state index is 13.6. The second-order valence-corrected chi connectivity index (χ2v) is 8.54. The number of carbonyl (C=O) groups is 2. The molecule has 146 valence electrons. The van der Waals surface area contributed by atoms with Crippen LogP contribution in [0.25, 0.3) is 0 Å². The predicted molar refractivity (Wildman–Crippen MR) is 112 cm³/mol. The maximum absolute atomic E-state index is 13.6. The Morgan fingerprint density at radius 2 is 1.75 bits per heavy atom. The van der Waals surface area contributed by atoms with Crippen LogP contribution in [0.1, 0.15) is 29.5 Å². The number of benzene rings is 2. The summed E-state index contributed by atoms with van der Waals surface area (Å²) in [5, 5.41) is 0. The van der Waals surface area contributed by atoms with Crippen molar-refractivity contribution >= 4 is 33.6 Å². The van der Waals surface area contributed by atoms with Gasteiger partial charge in [-0.25, -0.2) is 9.69 Å². The van der Waals surface area contributed by atoms with Gasteiger partial charge < -0.3 is 9.64 Å². The van der Waals surface area contributed by atoms with Gasteiger partial charge in [0.2, 0.25) is 0 Å². The molecule has 0 bridgehead atoms. The van der Waals surface area contributed by atoms with Crippen LogP contribution < -0.4 is 9.64 Å². The third-order valence-corrected chi connectivity index (χ3v) is 6.36. The summed E-state index contributed by atoms with van der Waals surface area (Å²) < 4.78 is 6.42. The molecule has 2 fully saturated rings. The van der Waals surface area contributed by atoms with Gasteiger partial charge in [0, 0.05) is 17.4 Å². The molecule has 2 aliphatic rings. The molecule has 2 aliphatic heterocycles. The molecule has 5 nitrogen and oxygen atoms in total. The lowest BCUT2D eigenvalue weighted by molar-refractivity contribution is -0.123. The standard InChI is InChI=1S/C22H23BrN2O3/c1-14-11-18(12-15(2)19(14)28-3)25-20(26)22(9-4-10-24(22)21(25)27)13-16-5-7-17(23)8-6-16/h5-8,11-12H,4,9-10,13H2,1-3H3. The van der Waals surface area contributed by atoms with Crippen molar-refractivity contribution in [3.05, 3.63) is 57.6 Å². The summed E-state index contributed by atoms with van der Waals surface area (Å²) in [6.45, 7) is 4.48. The zero-order valence-electron chi connectivity index (χ0n) is 16.3. The Bertz CT molecular complexity index is 934. The molecule has 1 unspecified atom stereocenters. The molecular weight excluding hydrogens is 420 g/mol. The van der Waals surface area contributed by atoms with E-state index in [9.17, 15) is 9.59 Å². The number of ether oxygens (including phenoxy) is 1. The van der Waals surface area contributed by atoms with Crippen LogP contribution in [0.3, 0.4) is 0 Å². The largest absolute Gasteiger partial charge is 0.496 e. The van der Waals surface area contributed by atoms with Gasteiger partial charge in [0.15, 0.2) is 0 Å². The first-order valence-corrected chi connectivity index (χ1v) is 10.2. The fourth-order valence-corrected chi connectivity index (χ4v) is 4.87. The lowest BCUT2D eigenvalue weighted by Crippen LogP contribution is -2.47. The molecule has 0 radical (unpaired) electrons. The van der Waals surface area contributed by atoms with E-state index < -0.39 is 5.54 Å². The molecule has 0 N–H and O–H groups in total. The zero-order valence-corrected chi connectivity index (χ0v) is 17.9. The molecule has 4 rings (SSSR count). The van der Waals surface area contributed by atoms with Crippen molar-refractivity contribution in [2.75, 3.05) is 18.6 Å². The number of rotatable bonds is 4. The van der Waals surface area contributed by atoms with E-state index in [1.807, 2.05) is 50.2 Å². The van der Waals surface area contributed by atoms with Gasteiger partial charge in [0.05, 0.1) is 12.8 Å². The number of imide groups is 1. The number of amides is 3. The number of carbonyl (C=O) groups excluding carboxylic acids is 2. The summed E-state index contributed by atoms with van der Waals surface area (Å²) in [5.41, 5.74) is 2.71. The molecule has 0 aromatic heterocycles. The van der Waals surface area contributed by atoms with Crippen LogP contribution in [-0.2, 0) is 11.2 Å². The third-order valence-electron chi connectivity index (χ3n) is 5.83. The second-order valence-electron chi connectivity index (χ2n) is 7.63. The van der Waals surface area contributed by atoms with Crippen molar-refractivity contribution in [1.82, 2.24) is 4.90 Å². The van der Waals surface area contributed by atoms with Crippen LogP contribution >= 0.6 is 15.9 Å². The van der Waals surface area contributed by atoms with Crippen molar-refractivity contribution < 1.29 is 14.3 Å². The van der Waals surface area contributed by atoms with E-state index in [0.29, 0.717) is 25.1 Å². The van der Waals surface area contributed by atoms with Crippen molar-refractivity contribution in [1.29, 1.82) is 0 Å². The van der Waals surface area contributed by atoms with Crippen molar-refractivity contribution in [3.8, 4) is 5.75 Å². The molecule has 28 heavy (non-hydrogen) atoms. The van der Waals surface area contributed by atoms with Crippen molar-refractivity contribution in [2.24, 2.45) is 0 Å². The summed E-state index contributed by atoms with van der Waals surface area (Å²) in [4.78, 5) is 29.9. The molecule has 2 aromatic carbocycles. The Morgan fingerprint density at radius 1 is 1.11 bits per heavy atom. The Kier molecular flexibility index (Phi) is 4.70. The van der Waals surface area contributed by atoms with Crippen LogP contribution in [0.2, 0.25) is 0 Å². The van der Waals surface area contributed by atoms with Crippen LogP contribution in [0.4, 0.5) is 10.5 Å². The van der Waals surface area contributed by atoms with Gasteiger partial charge in [-0.05, 0) is 67.6 Å². The molecule has 6 heteroatoms. The Hall–Kier alpha value is -2.34. The van der Waals surface area contributed by atoms with E-state index >= 15 is 0 Å². The topological polar surface area (TPSA) is 49.9 Å². The van der Waals surface area contributed by atoms with E-state index in [-0.39, 0.29) is 11.9 Å². The van der Waals surface area contributed by atoms with Gasteiger partial charge in [-0.1, -0.05) is 28.1 Å². The molecule has 0 saturated carbocycles. The zero-order chi connectivity index (χ0) is 20.1. The number of fused-ring (bicyclic) bond motifs is 1. The lowest BCUT2D eigenvalue weighted by Gasteiger charge is -2.28. The average Bonchev–Trinajstić information content (AvgIpc) is 3.15. The highest BCUT2D eigenvalue weighted by Gasteiger charge is 2.59. The second kappa shape index (κ2) is 6.92. The summed E-state index contributed by atoms with van der Waals surface area (Å²) in [6, 6.07) is 11.5. The van der Waals surface area contributed by atoms with Gasteiger partial charge in [0.1, 0.15) is 11.3 Å². The summed E-state index contributed by atoms with van der Waals surface area (Å²) in [7, 11) is 1.63. The van der Waals surface area contributed by atoms with Crippen LogP contribution in [0.5, 0.6) is 5.75 Å². The number of hydrogen-bond donors (Lipinski definition) is 0. The van der Waals surface area contributed by atoms with E-state index in [4.69, 9.17) is 4.74 Å². The number of urea groups is 1. The highest BCUT2D eigenvalue weighted by molar-refractivity contribution is 9.10. The minimum Gasteiger partial charge on any atom is -0.496 e. The Labute approximate surface area is 173 Å². The number of nitrogens with zero attached hydrogens (tertiary/aromatic N) is 2. The summed E-state index contributed by atoms with van der Waals surface area (Å²) in [6.07, 6.45) is 2.08. The van der Waals surface area contributed by atoms with Crippen molar-refractivity contribution in [2.45, 2.75) is 38.6 Å². The lowest BCUT2D eigenvalue weighted by atomic mass is 9.88. The first-order chi connectivity index (χ1) is 13.4. The summed E-state index contributed by atoms with van der Waals surface area (Å²) >= 11 is 3.45. The number of aryl methyl sites for hydroxylation is 2. The minimum atomic E-state index is -0.785. The maximum Gasteiger partial charge on any atom is 0.332 e. The molecule has 0 spiro atoms. The first kappa shape index (κ1) is 19.0. The monoisotopic (exact) mass is 442 g/mol. The van der Waals surface area contributed by atoms with E-state index in [1.165, 1.54) is 4.90 Å². The summed E-state index contributed by atoms with van der Waals surface area (Å²) in [5.74, 6) is 0.662. The quantitative estimate of drug-likeness (QED) is 0.649. The molecule has 0 aliphatic carbocycles. The normalized spacial score (nSPS) is 21.4. The van der Waals surface area contributed by atoms with Crippen molar-refractivity contribution in [3.63, 3.8) is 0 Å². The van der Waals surface area contributed by atoms with Gasteiger partial charge >= 0.3 is 6.03 Å². The Morgan fingerprint density at radius 3 is 2.36 bits per heavy atom. The third kappa shape index (κ3) is 2.82. The van der Waals surface area contributed by atoms with Gasteiger partial charge in [-0.2, -0.15) is 0 Å². The van der Waals surface area contributed by atoms with Gasteiger partial charge in [-0.15, -0.1) is 0 Å². The van der Waals surface area contributed by atoms with Gasteiger partial charge in [-0.3, -0.25) is 4.79 Å². The fourth-order valence-electron chi connectivity index (χ4n) is 4.60. The SMILES string of the molecule is COc1c(C)cc(N2C(=O)N3CCCC3(Cc3ccc(Br)cc3)C2=O)cc1C. The highest BCUT2D eigenvalue weighted by atomic mass is 79.9. The number of halogens is 1. The smallest absolute Gasteiger partial charge is 0.332 e.